The van der Waals surface area contributed by atoms with E-state index in [2.05, 4.69) is 10.1 Å². The Labute approximate surface area is 200 Å². The molecule has 0 aliphatic carbocycles. The molecule has 0 spiro atoms. The van der Waals surface area contributed by atoms with Crippen LogP contribution in [0.3, 0.4) is 0 Å². The summed E-state index contributed by atoms with van der Waals surface area (Å²) in [5, 5.41) is 4.37. The van der Waals surface area contributed by atoms with E-state index in [1.807, 2.05) is 6.92 Å². The van der Waals surface area contributed by atoms with Gasteiger partial charge in [0.1, 0.15) is 24.0 Å². The van der Waals surface area contributed by atoms with Crippen molar-refractivity contribution >= 4 is 24.1 Å². The summed E-state index contributed by atoms with van der Waals surface area (Å²) >= 11 is 0. The third kappa shape index (κ3) is 7.24. The monoisotopic (exact) mass is 480 g/mol. The Bertz CT molecular complexity index is 931. The molecule has 1 unspecified atom stereocenters. The normalized spacial score (nSPS) is 16.0. The van der Waals surface area contributed by atoms with Gasteiger partial charge in [0.2, 0.25) is 0 Å². The number of rotatable bonds is 8. The fourth-order valence-electron chi connectivity index (χ4n) is 4.02. The van der Waals surface area contributed by atoms with Crippen LogP contribution in [0.15, 0.2) is 41.6 Å². The van der Waals surface area contributed by atoms with Crippen molar-refractivity contribution in [2.24, 2.45) is 11.1 Å². The van der Waals surface area contributed by atoms with E-state index in [1.165, 1.54) is 24.3 Å². The Kier molecular flexibility index (Phi) is 10.3. The zero-order chi connectivity index (χ0) is 23.1. The molecule has 8 heteroatoms. The molecule has 2 aromatic rings. The molecule has 180 valence electrons. The number of oxime groups is 1. The van der Waals surface area contributed by atoms with E-state index in [4.69, 9.17) is 9.57 Å². The second kappa shape index (κ2) is 12.7. The van der Waals surface area contributed by atoms with E-state index in [0.29, 0.717) is 43.1 Å². The molecular weight excluding hydrogens is 450 g/mol. The van der Waals surface area contributed by atoms with Crippen molar-refractivity contribution in [3.8, 4) is 0 Å². The lowest BCUT2D eigenvalue weighted by molar-refractivity contribution is -0.150. The zero-order valence-electron chi connectivity index (χ0n) is 19.3. The van der Waals surface area contributed by atoms with E-state index < -0.39 is 0 Å². The first kappa shape index (κ1) is 26.7. The highest BCUT2D eigenvalue weighted by Crippen LogP contribution is 2.21. The van der Waals surface area contributed by atoms with Crippen LogP contribution in [0.1, 0.15) is 42.0 Å². The Morgan fingerprint density at radius 1 is 1.09 bits per heavy atom. The maximum absolute atomic E-state index is 13.6. The maximum atomic E-state index is 13.6. The fraction of sp³-hybridized carbons (Fsp3) is 0.440. The summed E-state index contributed by atoms with van der Waals surface area (Å²) in [6.07, 6.45) is 1.77. The molecule has 1 aliphatic heterocycles. The van der Waals surface area contributed by atoms with E-state index in [9.17, 15) is 13.6 Å². The van der Waals surface area contributed by atoms with Crippen molar-refractivity contribution in [3.63, 3.8) is 0 Å². The third-order valence-electron chi connectivity index (χ3n) is 5.67. The molecule has 0 bridgehead atoms. The lowest BCUT2D eigenvalue weighted by atomic mass is 9.95. The van der Waals surface area contributed by atoms with Crippen molar-refractivity contribution in [3.05, 3.63) is 70.3 Å². The van der Waals surface area contributed by atoms with Gasteiger partial charge in [0, 0.05) is 24.2 Å². The number of nitrogens with zero attached hydrogens (tertiary/aromatic N) is 2. The first-order valence-electron chi connectivity index (χ1n) is 11.0. The molecule has 0 amide bonds. The van der Waals surface area contributed by atoms with Crippen molar-refractivity contribution in [1.29, 1.82) is 0 Å². The van der Waals surface area contributed by atoms with Crippen LogP contribution in [0.25, 0.3) is 0 Å². The highest BCUT2D eigenvalue weighted by molar-refractivity contribution is 6.14. The first-order valence-corrected chi connectivity index (χ1v) is 11.0. The van der Waals surface area contributed by atoms with Crippen LogP contribution in [0.2, 0.25) is 0 Å². The molecule has 1 fully saturated rings. The number of ether oxygens (including phenoxy) is 1. The largest absolute Gasteiger partial charge is 0.466 e. The standard InChI is InChI=1S/C25H30F2N2O3.ClH/c1-4-31-25(30)19-6-5-11-29(16-19)12-13-32-28-24(22-9-7-20(26)14-17(22)2)23-10-8-21(27)15-18(23)3;/h7-10,14-15,19H,4-6,11-13,16H2,1-3H3;1H. The smallest absolute Gasteiger partial charge is 0.310 e. The van der Waals surface area contributed by atoms with Gasteiger partial charge in [-0.05, 0) is 87.7 Å². The summed E-state index contributed by atoms with van der Waals surface area (Å²) < 4.78 is 32.4. The predicted molar refractivity (Wildman–Crippen MR) is 127 cm³/mol. The molecule has 0 saturated carbocycles. The molecule has 1 aliphatic rings. The summed E-state index contributed by atoms with van der Waals surface area (Å²) in [5.74, 6) is -0.907. The number of piperidine rings is 1. The summed E-state index contributed by atoms with van der Waals surface area (Å²) in [6, 6.07) is 8.94. The van der Waals surface area contributed by atoms with Gasteiger partial charge in [-0.25, -0.2) is 8.78 Å². The summed E-state index contributed by atoms with van der Waals surface area (Å²) in [6.45, 7) is 8.30. The highest BCUT2D eigenvalue weighted by atomic mass is 35.5. The second-order valence-corrected chi connectivity index (χ2v) is 8.08. The minimum Gasteiger partial charge on any atom is -0.466 e. The van der Waals surface area contributed by atoms with Crippen molar-refractivity contribution in [2.75, 3.05) is 32.8 Å². The number of esters is 1. The van der Waals surface area contributed by atoms with Crippen LogP contribution in [0, 0.1) is 31.4 Å². The quantitative estimate of drug-likeness (QED) is 0.230. The third-order valence-corrected chi connectivity index (χ3v) is 5.67. The van der Waals surface area contributed by atoms with Gasteiger partial charge in [0.15, 0.2) is 0 Å². The first-order chi connectivity index (χ1) is 15.4. The van der Waals surface area contributed by atoms with Gasteiger partial charge in [0.25, 0.3) is 0 Å². The number of halogens is 3. The average Bonchev–Trinajstić information content (AvgIpc) is 2.75. The summed E-state index contributed by atoms with van der Waals surface area (Å²) in [5.41, 5.74) is 3.40. The predicted octanol–water partition coefficient (Wildman–Crippen LogP) is 5.05. The van der Waals surface area contributed by atoms with Gasteiger partial charge in [-0.3, -0.25) is 9.69 Å². The number of benzene rings is 2. The highest BCUT2D eigenvalue weighted by Gasteiger charge is 2.26. The van der Waals surface area contributed by atoms with Crippen LogP contribution < -0.4 is 0 Å². The lowest BCUT2D eigenvalue weighted by Gasteiger charge is -2.30. The Hall–Kier alpha value is -2.51. The molecular formula is C25H31ClF2N2O3. The van der Waals surface area contributed by atoms with Crippen LogP contribution in [0.5, 0.6) is 0 Å². The van der Waals surface area contributed by atoms with Gasteiger partial charge in [-0.2, -0.15) is 0 Å². The minimum atomic E-state index is -0.330. The number of hydrogen-bond acceptors (Lipinski definition) is 5. The zero-order valence-corrected chi connectivity index (χ0v) is 20.1. The number of aryl methyl sites for hydroxylation is 2. The minimum absolute atomic E-state index is 0. The van der Waals surface area contributed by atoms with E-state index >= 15 is 0 Å². The van der Waals surface area contributed by atoms with E-state index in [1.54, 1.807) is 26.0 Å². The van der Waals surface area contributed by atoms with Gasteiger partial charge < -0.3 is 9.57 Å². The Morgan fingerprint density at radius 3 is 2.24 bits per heavy atom. The topological polar surface area (TPSA) is 51.1 Å². The van der Waals surface area contributed by atoms with Crippen molar-refractivity contribution in [2.45, 2.75) is 33.6 Å². The molecule has 0 aromatic heterocycles. The van der Waals surface area contributed by atoms with Crippen LogP contribution in [0.4, 0.5) is 8.78 Å². The second-order valence-electron chi connectivity index (χ2n) is 8.08. The molecule has 1 atom stereocenters. The molecule has 3 rings (SSSR count). The summed E-state index contributed by atoms with van der Waals surface area (Å²) in [7, 11) is 0. The summed E-state index contributed by atoms with van der Waals surface area (Å²) in [4.78, 5) is 19.9. The lowest BCUT2D eigenvalue weighted by Crippen LogP contribution is -2.40. The van der Waals surface area contributed by atoms with E-state index in [-0.39, 0.29) is 35.9 Å². The van der Waals surface area contributed by atoms with Crippen molar-refractivity contribution in [1.82, 2.24) is 4.90 Å². The van der Waals surface area contributed by atoms with Crippen LogP contribution >= 0.6 is 12.4 Å². The fourth-order valence-corrected chi connectivity index (χ4v) is 4.02. The molecule has 1 saturated heterocycles. The van der Waals surface area contributed by atoms with Crippen molar-refractivity contribution < 1.29 is 23.1 Å². The SMILES string of the molecule is CCOC(=O)C1CCCN(CCON=C(c2ccc(F)cc2C)c2ccc(F)cc2C)C1.Cl. The molecule has 5 nitrogen and oxygen atoms in total. The maximum Gasteiger partial charge on any atom is 0.310 e. The van der Waals surface area contributed by atoms with Gasteiger partial charge in [0.05, 0.1) is 12.5 Å². The molecule has 2 aromatic carbocycles. The Morgan fingerprint density at radius 2 is 1.70 bits per heavy atom. The number of hydrogen-bond donors (Lipinski definition) is 0. The van der Waals surface area contributed by atoms with Gasteiger partial charge >= 0.3 is 5.97 Å². The molecule has 0 radical (unpaired) electrons. The Balaban J connectivity index is 0.00000385. The molecule has 33 heavy (non-hydrogen) atoms. The van der Waals surface area contributed by atoms with E-state index in [0.717, 1.165) is 30.5 Å². The van der Waals surface area contributed by atoms with Crippen LogP contribution in [-0.4, -0.2) is 49.4 Å². The van der Waals surface area contributed by atoms with Crippen LogP contribution in [-0.2, 0) is 14.4 Å². The van der Waals surface area contributed by atoms with Gasteiger partial charge in [-0.15, -0.1) is 12.4 Å². The number of carbonyl (C=O) groups excluding carboxylic acids is 1. The molecule has 0 N–H and O–H groups in total. The average molecular weight is 481 g/mol. The van der Waals surface area contributed by atoms with Gasteiger partial charge in [-0.1, -0.05) is 5.16 Å². The number of likely N-dealkylation sites (tertiary alicyclic amines) is 1. The number of carbonyl (C=O) groups is 1. The molecule has 1 heterocycles.